The van der Waals surface area contributed by atoms with Crippen molar-refractivity contribution >= 4 is 26.9 Å². The minimum atomic E-state index is -5.69. The highest BCUT2D eigenvalue weighted by Crippen LogP contribution is 2.37. The Kier molecular flexibility index (Phi) is 9.05. The topological polar surface area (TPSA) is 136 Å². The van der Waals surface area contributed by atoms with Gasteiger partial charge < -0.3 is 9.84 Å². The maximum Gasteiger partial charge on any atom is 0.351 e. The van der Waals surface area contributed by atoms with Gasteiger partial charge in [-0.15, -0.1) is 0 Å². The first-order valence-corrected chi connectivity index (χ1v) is 15.2. The number of hydrogen-bond donors (Lipinski definition) is 2. The molecule has 0 aliphatic heterocycles. The van der Waals surface area contributed by atoms with Crippen LogP contribution in [0, 0.1) is 41.8 Å². The van der Waals surface area contributed by atoms with Crippen molar-refractivity contribution in [3.8, 4) is 22.8 Å². The molecule has 0 saturated heterocycles. The number of benzene rings is 2. The molecule has 48 heavy (non-hydrogen) atoms. The molecule has 0 atom stereocenters. The van der Waals surface area contributed by atoms with E-state index in [2.05, 4.69) is 19.7 Å². The van der Waals surface area contributed by atoms with Crippen LogP contribution in [0.15, 0.2) is 46.2 Å². The number of aromatic nitrogens is 4. The first kappa shape index (κ1) is 34.1. The first-order chi connectivity index (χ1) is 22.6. The van der Waals surface area contributed by atoms with Crippen LogP contribution in [0.25, 0.3) is 22.3 Å². The number of aryl methyl sites for hydroxylation is 1. The van der Waals surface area contributed by atoms with Gasteiger partial charge in [-0.1, -0.05) is 19.9 Å². The van der Waals surface area contributed by atoms with Crippen LogP contribution in [-0.2, 0) is 16.6 Å². The molecule has 10 nitrogen and oxygen atoms in total. The van der Waals surface area contributed by atoms with Crippen LogP contribution in [0.4, 0.5) is 36.6 Å². The van der Waals surface area contributed by atoms with Crippen LogP contribution in [0.3, 0.4) is 0 Å². The lowest BCUT2D eigenvalue weighted by molar-refractivity contribution is 0.174. The number of phenolic OH excluding ortho intramolecular Hbond substituents is 1. The number of aromatic hydroxyl groups is 1. The number of halogens is 7. The third-order valence-electron chi connectivity index (χ3n) is 7.20. The molecule has 5 rings (SSSR count). The molecule has 18 heteroatoms. The van der Waals surface area contributed by atoms with E-state index in [1.807, 2.05) is 13.8 Å². The third-order valence-corrected chi connectivity index (χ3v) is 8.57. The summed E-state index contributed by atoms with van der Waals surface area (Å²) in [5.41, 5.74) is -1.69. The quantitative estimate of drug-likeness (QED) is 0.109. The van der Waals surface area contributed by atoms with Crippen molar-refractivity contribution in [3.05, 3.63) is 98.7 Å². The molecule has 0 aliphatic carbocycles. The Morgan fingerprint density at radius 3 is 2.31 bits per heavy atom. The number of phenols is 1. The zero-order valence-electron chi connectivity index (χ0n) is 24.9. The predicted octanol–water partition coefficient (Wildman–Crippen LogP) is 5.98. The average Bonchev–Trinajstić information content (AvgIpc) is 3.01. The molecule has 3 heterocycles. The van der Waals surface area contributed by atoms with Crippen molar-refractivity contribution < 1.29 is 49.0 Å². The summed E-state index contributed by atoms with van der Waals surface area (Å²) in [5, 5.41) is 9.71. The van der Waals surface area contributed by atoms with Gasteiger partial charge in [-0.3, -0.25) is 14.3 Å². The second-order valence-corrected chi connectivity index (χ2v) is 12.2. The van der Waals surface area contributed by atoms with Gasteiger partial charge in [-0.05, 0) is 48.2 Å². The summed E-state index contributed by atoms with van der Waals surface area (Å²) in [7, 11) is -5.69. The van der Waals surface area contributed by atoms with Gasteiger partial charge in [-0.25, -0.2) is 44.5 Å². The van der Waals surface area contributed by atoms with Crippen LogP contribution in [0.5, 0.6) is 11.5 Å². The zero-order valence-corrected chi connectivity index (χ0v) is 25.7. The number of nitrogens with one attached hydrogen (secondary N) is 1. The Morgan fingerprint density at radius 2 is 1.67 bits per heavy atom. The lowest BCUT2D eigenvalue weighted by Crippen LogP contribution is -2.28. The molecule has 0 amide bonds. The van der Waals surface area contributed by atoms with E-state index in [1.165, 1.54) is 6.20 Å². The Hall–Kier alpha value is -5.26. The summed E-state index contributed by atoms with van der Waals surface area (Å²) in [6.07, 6.45) is 1.53. The van der Waals surface area contributed by atoms with Gasteiger partial charge >= 0.3 is 5.69 Å². The number of ether oxygens (including phenoxy) is 1. The van der Waals surface area contributed by atoms with Gasteiger partial charge in [0.2, 0.25) is 18.5 Å². The molecule has 0 radical (unpaired) electrons. The highest BCUT2D eigenvalue weighted by atomic mass is 32.2. The molecule has 0 spiro atoms. The maximum absolute atomic E-state index is 15.7. The minimum Gasteiger partial charge on any atom is -0.507 e. The predicted molar refractivity (Wildman–Crippen MR) is 157 cm³/mol. The number of pyridine rings is 2. The average molecular weight is 698 g/mol. The second-order valence-electron chi connectivity index (χ2n) is 10.6. The van der Waals surface area contributed by atoms with Crippen molar-refractivity contribution in [1.29, 1.82) is 0 Å². The summed E-state index contributed by atoms with van der Waals surface area (Å²) >= 11 is 0. The van der Waals surface area contributed by atoms with Gasteiger partial charge in [0.25, 0.3) is 10.0 Å². The van der Waals surface area contributed by atoms with Crippen LogP contribution in [0.1, 0.15) is 36.6 Å². The van der Waals surface area contributed by atoms with E-state index in [1.54, 1.807) is 17.7 Å². The third kappa shape index (κ3) is 5.86. The van der Waals surface area contributed by atoms with Gasteiger partial charge in [0.05, 0.1) is 17.5 Å². The zero-order chi connectivity index (χ0) is 35.2. The fourth-order valence-corrected chi connectivity index (χ4v) is 6.20. The van der Waals surface area contributed by atoms with Crippen molar-refractivity contribution in [3.63, 3.8) is 0 Å². The van der Waals surface area contributed by atoms with Gasteiger partial charge in [0.1, 0.15) is 22.9 Å². The minimum absolute atomic E-state index is 0.177. The summed E-state index contributed by atoms with van der Waals surface area (Å²) < 4.78 is 134. The number of sulfonamides is 1. The van der Waals surface area contributed by atoms with Gasteiger partial charge in [0, 0.05) is 11.9 Å². The summed E-state index contributed by atoms with van der Waals surface area (Å²) in [5.74, 6) is -16.4. The Morgan fingerprint density at radius 1 is 0.979 bits per heavy atom. The standard InChI is InChI=1S/C30H22F7N5O5S/c1-12(2)24-15(13(3)7-8-38-24)10-42-29-14(9-17(33)25(39-29)19-16(32)5-4-6-18(19)43)28(40-30(42)44)41-48(45,46)27-23(37)21(35)20(34)22(36)26(27)47-11-31/h4-9,12,43H,10-11H2,1-3H3,(H,40,41,44). The number of anilines is 1. The largest absolute Gasteiger partial charge is 0.507 e. The van der Waals surface area contributed by atoms with E-state index < -0.39 is 102 Å². The summed E-state index contributed by atoms with van der Waals surface area (Å²) in [6, 6.07) is 5.24. The Labute approximate surface area is 266 Å². The van der Waals surface area contributed by atoms with Crippen molar-refractivity contribution in [1.82, 2.24) is 19.5 Å². The van der Waals surface area contributed by atoms with Gasteiger partial charge in [-0.2, -0.15) is 9.37 Å². The lowest BCUT2D eigenvalue weighted by Gasteiger charge is -2.19. The molecular weight excluding hydrogens is 675 g/mol. The van der Waals surface area contributed by atoms with E-state index in [0.717, 1.165) is 22.8 Å². The normalized spacial score (nSPS) is 11.8. The molecular formula is C30H22F7N5O5S. The van der Waals surface area contributed by atoms with Crippen molar-refractivity contribution in [2.75, 3.05) is 11.6 Å². The molecule has 5 aromatic rings. The number of nitrogens with zero attached hydrogens (tertiary/aromatic N) is 4. The molecule has 0 saturated carbocycles. The van der Waals surface area contributed by atoms with E-state index >= 15 is 4.39 Å². The van der Waals surface area contributed by atoms with Crippen molar-refractivity contribution in [2.24, 2.45) is 0 Å². The van der Waals surface area contributed by atoms with Crippen LogP contribution in [-0.4, -0.2) is 39.9 Å². The van der Waals surface area contributed by atoms with E-state index in [-0.39, 0.29) is 12.5 Å². The van der Waals surface area contributed by atoms with E-state index in [0.29, 0.717) is 22.9 Å². The monoisotopic (exact) mass is 697 g/mol. The van der Waals surface area contributed by atoms with E-state index in [4.69, 9.17) is 0 Å². The molecule has 0 unspecified atom stereocenters. The van der Waals surface area contributed by atoms with E-state index in [9.17, 15) is 44.7 Å². The summed E-state index contributed by atoms with van der Waals surface area (Å²) in [6.45, 7) is 2.98. The Balaban J connectivity index is 1.82. The molecule has 0 aliphatic rings. The molecule has 2 N–H and O–H groups in total. The van der Waals surface area contributed by atoms with Crippen LogP contribution >= 0.6 is 0 Å². The highest BCUT2D eigenvalue weighted by molar-refractivity contribution is 7.92. The lowest BCUT2D eigenvalue weighted by atomic mass is 9.99. The number of fused-ring (bicyclic) bond motifs is 1. The number of rotatable bonds is 9. The van der Waals surface area contributed by atoms with Crippen LogP contribution < -0.4 is 15.1 Å². The second kappa shape index (κ2) is 12.7. The summed E-state index contributed by atoms with van der Waals surface area (Å²) in [4.78, 5) is 23.6. The molecule has 0 bridgehead atoms. The molecule has 2 aromatic carbocycles. The fraction of sp³-hybridized carbons (Fsp3) is 0.200. The first-order valence-electron chi connectivity index (χ1n) is 13.7. The number of hydrogen-bond acceptors (Lipinski definition) is 8. The van der Waals surface area contributed by atoms with Crippen molar-refractivity contribution in [2.45, 2.75) is 38.1 Å². The fourth-order valence-electron chi connectivity index (χ4n) is 4.97. The molecule has 3 aromatic heterocycles. The SMILES string of the molecule is Cc1ccnc(C(C)C)c1Cn1c(=O)nc(NS(=O)(=O)c2c(F)c(F)c(F)c(F)c2OCF)c2cc(F)c(-c3c(O)cccc3F)nc21. The molecule has 0 fully saturated rings. The van der Waals surface area contributed by atoms with Gasteiger partial charge in [0.15, 0.2) is 33.9 Å². The molecule has 252 valence electrons. The maximum atomic E-state index is 15.7. The highest BCUT2D eigenvalue weighted by Gasteiger charge is 2.35. The smallest absolute Gasteiger partial charge is 0.351 e. The number of alkyl halides is 1. The Bertz CT molecular complexity index is 2260. The van der Waals surface area contributed by atoms with Crippen LogP contribution in [0.2, 0.25) is 0 Å².